The molecule has 0 saturated heterocycles. The summed E-state index contributed by atoms with van der Waals surface area (Å²) < 4.78 is 1.70. The molecule has 1 aromatic heterocycles. The van der Waals surface area contributed by atoms with Gasteiger partial charge < -0.3 is 5.11 Å². The first-order valence-electron chi connectivity index (χ1n) is 7.94. The molecule has 1 saturated carbocycles. The number of aromatic hydroxyl groups is 1. The minimum atomic E-state index is -0.0492. The number of aromatic nitrogens is 2. The quantitative estimate of drug-likeness (QED) is 0.922. The first-order chi connectivity index (χ1) is 10.5. The minimum Gasteiger partial charge on any atom is -0.508 e. The fourth-order valence-electron chi connectivity index (χ4n) is 3.27. The molecule has 1 aliphatic rings. The van der Waals surface area contributed by atoms with Crippen LogP contribution in [0.5, 0.6) is 5.75 Å². The maximum absolute atomic E-state index is 12.5. The van der Waals surface area contributed by atoms with Gasteiger partial charge in [0.15, 0.2) is 0 Å². The third-order valence-electron chi connectivity index (χ3n) is 4.56. The van der Waals surface area contributed by atoms with E-state index in [4.69, 9.17) is 0 Å². The van der Waals surface area contributed by atoms with Crippen molar-refractivity contribution in [2.45, 2.75) is 45.4 Å². The summed E-state index contributed by atoms with van der Waals surface area (Å²) in [6.45, 7) is 4.16. The number of benzene rings is 1. The van der Waals surface area contributed by atoms with Crippen LogP contribution in [0.3, 0.4) is 0 Å². The Morgan fingerprint density at radius 2 is 1.77 bits per heavy atom. The van der Waals surface area contributed by atoms with E-state index in [1.54, 1.807) is 34.9 Å². The monoisotopic (exact) mass is 298 g/mol. The first kappa shape index (κ1) is 14.8. The highest BCUT2D eigenvalue weighted by Crippen LogP contribution is 2.35. The lowest BCUT2D eigenvalue weighted by atomic mass is 9.82. The van der Waals surface area contributed by atoms with Crippen LogP contribution in [0.2, 0.25) is 0 Å². The van der Waals surface area contributed by atoms with Gasteiger partial charge in [-0.25, -0.2) is 4.98 Å². The summed E-state index contributed by atoms with van der Waals surface area (Å²) in [7, 11) is 0. The highest BCUT2D eigenvalue weighted by atomic mass is 16.3. The average Bonchev–Trinajstić information content (AvgIpc) is 2.49. The van der Waals surface area contributed by atoms with Gasteiger partial charge in [-0.3, -0.25) is 9.36 Å². The van der Waals surface area contributed by atoms with Crippen molar-refractivity contribution in [3.05, 3.63) is 52.2 Å². The van der Waals surface area contributed by atoms with Gasteiger partial charge in [-0.2, -0.15) is 0 Å². The fourth-order valence-corrected chi connectivity index (χ4v) is 3.27. The molecular weight excluding hydrogens is 276 g/mol. The summed E-state index contributed by atoms with van der Waals surface area (Å²) in [5.41, 5.74) is 1.49. The van der Waals surface area contributed by atoms with Crippen molar-refractivity contribution >= 4 is 0 Å². The zero-order valence-electron chi connectivity index (χ0n) is 13.1. The number of nitrogens with zero attached hydrogens (tertiary/aromatic N) is 2. The second kappa shape index (κ2) is 5.95. The minimum absolute atomic E-state index is 0.0492. The molecule has 4 nitrogen and oxygen atoms in total. The van der Waals surface area contributed by atoms with Crippen LogP contribution in [0.1, 0.15) is 50.0 Å². The lowest BCUT2D eigenvalue weighted by Crippen LogP contribution is -2.27. The normalized spacial score (nSPS) is 21.7. The molecule has 4 heteroatoms. The molecule has 1 N–H and O–H groups in total. The van der Waals surface area contributed by atoms with Crippen molar-refractivity contribution < 1.29 is 5.11 Å². The van der Waals surface area contributed by atoms with Gasteiger partial charge in [-0.05, 0) is 49.9 Å². The molecular formula is C18H22N2O2. The van der Waals surface area contributed by atoms with E-state index < -0.39 is 0 Å². The fraction of sp³-hybridized carbons (Fsp3) is 0.444. The van der Waals surface area contributed by atoms with Crippen molar-refractivity contribution in [2.24, 2.45) is 5.92 Å². The molecule has 1 fully saturated rings. The Labute approximate surface area is 130 Å². The Balaban J connectivity index is 2.08. The lowest BCUT2D eigenvalue weighted by Gasteiger charge is -2.27. The Morgan fingerprint density at radius 3 is 2.41 bits per heavy atom. The van der Waals surface area contributed by atoms with E-state index in [-0.39, 0.29) is 11.3 Å². The molecule has 0 aliphatic heterocycles. The van der Waals surface area contributed by atoms with Crippen LogP contribution in [0.25, 0.3) is 5.69 Å². The molecule has 0 bridgehead atoms. The van der Waals surface area contributed by atoms with E-state index in [0.29, 0.717) is 5.92 Å². The molecule has 3 rings (SSSR count). The van der Waals surface area contributed by atoms with Gasteiger partial charge in [0.2, 0.25) is 0 Å². The van der Waals surface area contributed by atoms with E-state index in [9.17, 15) is 9.90 Å². The van der Waals surface area contributed by atoms with Crippen LogP contribution in [0, 0.1) is 12.8 Å². The number of rotatable bonds is 2. The molecule has 22 heavy (non-hydrogen) atoms. The molecule has 0 radical (unpaired) electrons. The number of hydrogen-bond acceptors (Lipinski definition) is 3. The predicted octanol–water partition coefficient (Wildman–Crippen LogP) is 3.54. The first-order valence-corrected chi connectivity index (χ1v) is 7.94. The van der Waals surface area contributed by atoms with E-state index in [2.05, 4.69) is 11.9 Å². The van der Waals surface area contributed by atoms with Gasteiger partial charge >= 0.3 is 0 Å². The second-order valence-corrected chi connectivity index (χ2v) is 6.40. The smallest absolute Gasteiger partial charge is 0.258 e. The zero-order valence-corrected chi connectivity index (χ0v) is 13.1. The largest absolute Gasteiger partial charge is 0.508 e. The molecule has 1 heterocycles. The van der Waals surface area contributed by atoms with Crippen LogP contribution in [0.4, 0.5) is 0 Å². The maximum atomic E-state index is 12.5. The van der Waals surface area contributed by atoms with Gasteiger partial charge in [0.25, 0.3) is 5.56 Å². The van der Waals surface area contributed by atoms with Crippen molar-refractivity contribution in [3.8, 4) is 11.4 Å². The summed E-state index contributed by atoms with van der Waals surface area (Å²) >= 11 is 0. The molecule has 0 spiro atoms. The molecule has 0 unspecified atom stereocenters. The Kier molecular flexibility index (Phi) is 4.01. The van der Waals surface area contributed by atoms with Gasteiger partial charge in [-0.1, -0.05) is 19.8 Å². The predicted molar refractivity (Wildman–Crippen MR) is 86.6 cm³/mol. The summed E-state index contributed by atoms with van der Waals surface area (Å²) in [6, 6.07) is 8.32. The maximum Gasteiger partial charge on any atom is 0.258 e. The van der Waals surface area contributed by atoms with Crippen molar-refractivity contribution in [1.29, 1.82) is 0 Å². The Hall–Kier alpha value is -2.10. The van der Waals surface area contributed by atoms with E-state index in [1.165, 1.54) is 12.8 Å². The second-order valence-electron chi connectivity index (χ2n) is 6.40. The van der Waals surface area contributed by atoms with E-state index in [1.807, 2.05) is 6.92 Å². The van der Waals surface area contributed by atoms with Crippen LogP contribution in [0.15, 0.2) is 35.1 Å². The molecule has 0 atom stereocenters. The highest BCUT2D eigenvalue weighted by Gasteiger charge is 2.24. The highest BCUT2D eigenvalue weighted by molar-refractivity contribution is 5.38. The molecule has 0 amide bonds. The van der Waals surface area contributed by atoms with Crippen LogP contribution in [-0.4, -0.2) is 14.7 Å². The van der Waals surface area contributed by atoms with Gasteiger partial charge in [-0.15, -0.1) is 0 Å². The van der Waals surface area contributed by atoms with Gasteiger partial charge in [0.1, 0.15) is 11.6 Å². The zero-order chi connectivity index (χ0) is 15.7. The number of phenols is 1. The summed E-state index contributed by atoms with van der Waals surface area (Å²) in [5.74, 6) is 2.15. The topological polar surface area (TPSA) is 55.1 Å². The third kappa shape index (κ3) is 2.91. The molecule has 116 valence electrons. The van der Waals surface area contributed by atoms with E-state index in [0.717, 1.165) is 36.0 Å². The standard InChI is InChI=1S/C18H22N2O2/c1-12-3-5-14(6-4-12)18-19-13(2)11-17(22)20(18)15-7-9-16(21)10-8-15/h7-12,14,21H,3-6H2,1-2H3. The average molecular weight is 298 g/mol. The van der Waals surface area contributed by atoms with E-state index >= 15 is 0 Å². The number of aryl methyl sites for hydroxylation is 1. The lowest BCUT2D eigenvalue weighted by molar-refractivity contribution is 0.335. The number of hydrogen-bond donors (Lipinski definition) is 1. The Morgan fingerprint density at radius 1 is 1.14 bits per heavy atom. The van der Waals surface area contributed by atoms with Crippen molar-refractivity contribution in [1.82, 2.24) is 9.55 Å². The third-order valence-corrected chi connectivity index (χ3v) is 4.56. The molecule has 1 aliphatic carbocycles. The van der Waals surface area contributed by atoms with Gasteiger partial charge in [0, 0.05) is 17.7 Å². The summed E-state index contributed by atoms with van der Waals surface area (Å²) in [5, 5.41) is 9.46. The van der Waals surface area contributed by atoms with Crippen molar-refractivity contribution in [3.63, 3.8) is 0 Å². The SMILES string of the molecule is Cc1cc(=O)n(-c2ccc(O)cc2)c(C2CCC(C)CC2)n1. The molecule has 2 aromatic rings. The van der Waals surface area contributed by atoms with Crippen LogP contribution < -0.4 is 5.56 Å². The van der Waals surface area contributed by atoms with Gasteiger partial charge in [0.05, 0.1) is 5.69 Å². The number of phenolic OH excluding ortho intramolecular Hbond substituents is 1. The summed E-state index contributed by atoms with van der Waals surface area (Å²) in [4.78, 5) is 17.2. The van der Waals surface area contributed by atoms with Crippen LogP contribution in [-0.2, 0) is 0 Å². The summed E-state index contributed by atoms with van der Waals surface area (Å²) in [6.07, 6.45) is 4.53. The van der Waals surface area contributed by atoms with Crippen molar-refractivity contribution in [2.75, 3.05) is 0 Å². The Bertz CT molecular complexity index is 711. The van der Waals surface area contributed by atoms with Crippen LogP contribution >= 0.6 is 0 Å². The molecule has 1 aromatic carbocycles.